The van der Waals surface area contributed by atoms with E-state index in [2.05, 4.69) is 0 Å². The van der Waals surface area contributed by atoms with Crippen molar-refractivity contribution in [3.63, 3.8) is 0 Å². The second-order valence-electron chi connectivity index (χ2n) is 6.13. The molecule has 2 heterocycles. The van der Waals surface area contributed by atoms with Crippen LogP contribution in [-0.2, 0) is 10.0 Å². The monoisotopic (exact) mass is 363 g/mol. The molecule has 0 bridgehead atoms. The molecule has 2 aromatic carbocycles. The van der Waals surface area contributed by atoms with Crippen LogP contribution in [-0.4, -0.2) is 32.5 Å². The Kier molecular flexibility index (Phi) is 4.13. The van der Waals surface area contributed by atoms with Crippen LogP contribution < -0.4 is 9.47 Å². The Labute approximate surface area is 146 Å². The summed E-state index contributed by atoms with van der Waals surface area (Å²) < 4.78 is 51.7. The summed E-state index contributed by atoms with van der Waals surface area (Å²) in [6.45, 7) is 1.44. The van der Waals surface area contributed by atoms with E-state index in [1.54, 1.807) is 0 Å². The van der Waals surface area contributed by atoms with Crippen LogP contribution in [0.25, 0.3) is 0 Å². The van der Waals surface area contributed by atoms with Crippen molar-refractivity contribution in [2.45, 2.75) is 23.8 Å². The van der Waals surface area contributed by atoms with Gasteiger partial charge in [0.15, 0.2) is 11.5 Å². The molecule has 2 aliphatic heterocycles. The number of hydrogen-bond acceptors (Lipinski definition) is 4. The van der Waals surface area contributed by atoms with Gasteiger partial charge in [-0.05, 0) is 54.8 Å². The van der Waals surface area contributed by atoms with Gasteiger partial charge in [-0.15, -0.1) is 0 Å². The van der Waals surface area contributed by atoms with Crippen molar-refractivity contribution in [1.82, 2.24) is 4.31 Å². The number of halogens is 1. The molecule has 1 saturated heterocycles. The molecule has 0 amide bonds. The van der Waals surface area contributed by atoms with E-state index in [1.165, 1.54) is 28.6 Å². The Morgan fingerprint density at radius 1 is 1.00 bits per heavy atom. The third-order valence-electron chi connectivity index (χ3n) is 4.57. The Balaban J connectivity index is 1.67. The van der Waals surface area contributed by atoms with Crippen molar-refractivity contribution >= 4 is 10.0 Å². The molecule has 1 atom stereocenters. The summed E-state index contributed by atoms with van der Waals surface area (Å²) in [6.07, 6.45) is 1.51. The van der Waals surface area contributed by atoms with Gasteiger partial charge in [0, 0.05) is 6.54 Å². The van der Waals surface area contributed by atoms with Crippen LogP contribution >= 0.6 is 0 Å². The van der Waals surface area contributed by atoms with Gasteiger partial charge in [0.25, 0.3) is 0 Å². The van der Waals surface area contributed by atoms with E-state index < -0.39 is 15.8 Å². The maximum absolute atomic E-state index is 13.1. The lowest BCUT2D eigenvalue weighted by molar-refractivity contribution is 0.171. The van der Waals surface area contributed by atoms with Gasteiger partial charge in [0.05, 0.1) is 10.9 Å². The van der Waals surface area contributed by atoms with E-state index in [-0.39, 0.29) is 10.9 Å². The van der Waals surface area contributed by atoms with E-state index in [4.69, 9.17) is 9.47 Å². The first-order valence-electron chi connectivity index (χ1n) is 8.23. The first-order valence-corrected chi connectivity index (χ1v) is 9.67. The molecule has 2 aliphatic rings. The summed E-state index contributed by atoms with van der Waals surface area (Å²) in [6, 6.07) is 10.3. The fraction of sp³-hybridized carbons (Fsp3) is 0.333. The van der Waals surface area contributed by atoms with E-state index in [0.29, 0.717) is 31.3 Å². The third-order valence-corrected chi connectivity index (χ3v) is 6.50. The Hall–Kier alpha value is -2.12. The number of sulfonamides is 1. The summed E-state index contributed by atoms with van der Waals surface area (Å²) in [5.41, 5.74) is 0.882. The number of nitrogens with zero attached hydrogens (tertiary/aromatic N) is 1. The summed E-state index contributed by atoms with van der Waals surface area (Å²) >= 11 is 0. The summed E-state index contributed by atoms with van der Waals surface area (Å²) in [7, 11) is -3.68. The van der Waals surface area contributed by atoms with Crippen molar-refractivity contribution in [3.8, 4) is 11.5 Å². The van der Waals surface area contributed by atoms with E-state index >= 15 is 0 Å². The molecule has 25 heavy (non-hydrogen) atoms. The molecule has 7 heteroatoms. The van der Waals surface area contributed by atoms with Crippen molar-refractivity contribution in [2.24, 2.45) is 0 Å². The zero-order valence-corrected chi connectivity index (χ0v) is 14.3. The van der Waals surface area contributed by atoms with Gasteiger partial charge in [0.1, 0.15) is 19.0 Å². The molecule has 0 spiro atoms. The minimum Gasteiger partial charge on any atom is -0.486 e. The Morgan fingerprint density at radius 2 is 1.72 bits per heavy atom. The summed E-state index contributed by atoms with van der Waals surface area (Å²) in [4.78, 5) is 0.110. The number of ether oxygens (including phenoxy) is 2. The maximum atomic E-state index is 13.1. The molecule has 1 fully saturated rings. The molecule has 0 saturated carbocycles. The molecule has 5 nitrogen and oxygen atoms in total. The SMILES string of the molecule is O=S(=O)(c1ccc(F)cc1)N1CCC[C@H]1c1ccc2c(c1)OCCO2. The standard InChI is InChI=1S/C18H18FNO4S/c19-14-4-6-15(7-5-14)25(21,22)20-9-1-2-16(20)13-3-8-17-18(12-13)24-11-10-23-17/h3-8,12,16H,1-2,9-11H2/t16-/m0/s1. The van der Waals surface area contributed by atoms with Gasteiger partial charge in [-0.25, -0.2) is 12.8 Å². The van der Waals surface area contributed by atoms with E-state index in [9.17, 15) is 12.8 Å². The van der Waals surface area contributed by atoms with Crippen LogP contribution in [0.1, 0.15) is 24.4 Å². The minimum atomic E-state index is -3.68. The maximum Gasteiger partial charge on any atom is 0.243 e. The highest BCUT2D eigenvalue weighted by Gasteiger charge is 2.36. The average molecular weight is 363 g/mol. The highest BCUT2D eigenvalue weighted by molar-refractivity contribution is 7.89. The third kappa shape index (κ3) is 2.98. The minimum absolute atomic E-state index is 0.110. The molecular weight excluding hydrogens is 345 g/mol. The first-order chi connectivity index (χ1) is 12.1. The van der Waals surface area contributed by atoms with E-state index in [1.807, 2.05) is 18.2 Å². The number of rotatable bonds is 3. The van der Waals surface area contributed by atoms with Crippen LogP contribution in [0.5, 0.6) is 11.5 Å². The van der Waals surface area contributed by atoms with Crippen molar-refractivity contribution in [3.05, 3.63) is 53.8 Å². The van der Waals surface area contributed by atoms with Crippen LogP contribution in [0, 0.1) is 5.82 Å². The van der Waals surface area contributed by atoms with Crippen LogP contribution in [0.3, 0.4) is 0 Å². The summed E-state index contributed by atoms with van der Waals surface area (Å²) in [5, 5.41) is 0. The quantitative estimate of drug-likeness (QED) is 0.841. The predicted octanol–water partition coefficient (Wildman–Crippen LogP) is 3.12. The Morgan fingerprint density at radius 3 is 2.48 bits per heavy atom. The Bertz CT molecular complexity index is 882. The molecule has 0 unspecified atom stereocenters. The van der Waals surface area contributed by atoms with Crippen molar-refractivity contribution in [1.29, 1.82) is 0 Å². The second kappa shape index (κ2) is 6.31. The fourth-order valence-corrected chi connectivity index (χ4v) is 5.05. The van der Waals surface area contributed by atoms with E-state index in [0.717, 1.165) is 18.4 Å². The number of hydrogen-bond donors (Lipinski definition) is 0. The van der Waals surface area contributed by atoms with Gasteiger partial charge in [-0.1, -0.05) is 6.07 Å². The fourth-order valence-electron chi connectivity index (χ4n) is 3.37. The lowest BCUT2D eigenvalue weighted by Gasteiger charge is -2.26. The number of benzene rings is 2. The zero-order valence-electron chi connectivity index (χ0n) is 13.5. The topological polar surface area (TPSA) is 55.8 Å². The van der Waals surface area contributed by atoms with Crippen LogP contribution in [0.2, 0.25) is 0 Å². The molecule has 2 aromatic rings. The highest BCUT2D eigenvalue weighted by atomic mass is 32.2. The molecule has 4 rings (SSSR count). The van der Waals surface area contributed by atoms with Crippen molar-refractivity contribution < 1.29 is 22.3 Å². The lowest BCUT2D eigenvalue weighted by atomic mass is 10.0. The van der Waals surface area contributed by atoms with Gasteiger partial charge >= 0.3 is 0 Å². The predicted molar refractivity (Wildman–Crippen MR) is 89.7 cm³/mol. The van der Waals surface area contributed by atoms with Gasteiger partial charge < -0.3 is 9.47 Å². The van der Waals surface area contributed by atoms with Gasteiger partial charge in [-0.3, -0.25) is 0 Å². The molecular formula is C18H18FNO4S. The van der Waals surface area contributed by atoms with Gasteiger partial charge in [-0.2, -0.15) is 4.31 Å². The normalized spacial score (nSPS) is 20.6. The second-order valence-corrected chi connectivity index (χ2v) is 8.02. The highest BCUT2D eigenvalue weighted by Crippen LogP contribution is 2.40. The average Bonchev–Trinajstić information content (AvgIpc) is 3.12. The lowest BCUT2D eigenvalue weighted by Crippen LogP contribution is -2.30. The smallest absolute Gasteiger partial charge is 0.243 e. The number of fused-ring (bicyclic) bond motifs is 1. The largest absolute Gasteiger partial charge is 0.486 e. The molecule has 0 radical (unpaired) electrons. The zero-order chi connectivity index (χ0) is 17.4. The molecule has 0 aliphatic carbocycles. The first kappa shape index (κ1) is 16.4. The molecule has 0 N–H and O–H groups in total. The van der Waals surface area contributed by atoms with Crippen LogP contribution in [0.15, 0.2) is 47.4 Å². The molecule has 132 valence electrons. The van der Waals surface area contributed by atoms with Gasteiger partial charge in [0.2, 0.25) is 10.0 Å². The summed E-state index contributed by atoms with van der Waals surface area (Å²) in [5.74, 6) is 0.875. The van der Waals surface area contributed by atoms with Crippen molar-refractivity contribution in [2.75, 3.05) is 19.8 Å². The molecule has 0 aromatic heterocycles. The van der Waals surface area contributed by atoms with Crippen LogP contribution in [0.4, 0.5) is 4.39 Å².